The average Bonchev–Trinajstić information content (AvgIpc) is 2.67. The molecule has 2 heterocycles. The maximum Gasteiger partial charge on any atom is 0.250 e. The van der Waals surface area contributed by atoms with Gasteiger partial charge in [-0.25, -0.2) is 0 Å². The molecule has 0 radical (unpaired) electrons. The summed E-state index contributed by atoms with van der Waals surface area (Å²) in [5.41, 5.74) is 5.48. The highest BCUT2D eigenvalue weighted by Gasteiger charge is 2.01. The predicted molar refractivity (Wildman–Crippen MR) is 65.7 cm³/mol. The van der Waals surface area contributed by atoms with Gasteiger partial charge in [-0.05, 0) is 6.07 Å². The number of anilines is 1. The van der Waals surface area contributed by atoms with Crippen LogP contribution in [0.25, 0.3) is 0 Å². The van der Waals surface area contributed by atoms with E-state index in [-0.39, 0.29) is 5.56 Å². The quantitative estimate of drug-likeness (QED) is 0.826. The Hall–Kier alpha value is -1.34. The van der Waals surface area contributed by atoms with E-state index in [2.05, 4.69) is 10.2 Å². The van der Waals surface area contributed by atoms with Crippen molar-refractivity contribution in [2.75, 3.05) is 11.5 Å². The van der Waals surface area contributed by atoms with Crippen LogP contribution in [0.2, 0.25) is 0 Å². The van der Waals surface area contributed by atoms with Gasteiger partial charge >= 0.3 is 0 Å². The molecule has 0 aliphatic heterocycles. The summed E-state index contributed by atoms with van der Waals surface area (Å²) >= 11 is 2.91. The van der Waals surface area contributed by atoms with Crippen LogP contribution < -0.4 is 11.3 Å². The molecule has 0 spiro atoms. The van der Waals surface area contributed by atoms with E-state index in [9.17, 15) is 4.79 Å². The molecule has 2 aromatic heterocycles. The standard InChI is InChI=1S/C9H10N4OS2/c10-8-11-12-9(16-8)15-6-5-13-4-2-1-3-7(13)14/h1-4H,5-6H2,(H2,10,11). The molecule has 0 saturated carbocycles. The lowest BCUT2D eigenvalue weighted by Crippen LogP contribution is -2.18. The number of hydrogen-bond acceptors (Lipinski definition) is 6. The van der Waals surface area contributed by atoms with E-state index in [1.807, 2.05) is 6.07 Å². The van der Waals surface area contributed by atoms with E-state index in [0.717, 1.165) is 10.1 Å². The van der Waals surface area contributed by atoms with Crippen molar-refractivity contribution in [1.29, 1.82) is 0 Å². The highest BCUT2D eigenvalue weighted by atomic mass is 32.2. The second-order valence-corrected chi connectivity index (χ2v) is 5.34. The lowest BCUT2D eigenvalue weighted by atomic mass is 10.5. The molecule has 7 heteroatoms. The summed E-state index contributed by atoms with van der Waals surface area (Å²) in [7, 11) is 0. The molecule has 0 bridgehead atoms. The van der Waals surface area contributed by atoms with Gasteiger partial charge in [-0.2, -0.15) is 0 Å². The maximum atomic E-state index is 11.4. The number of thioether (sulfide) groups is 1. The summed E-state index contributed by atoms with van der Waals surface area (Å²) in [6.07, 6.45) is 1.78. The van der Waals surface area contributed by atoms with Gasteiger partial charge in [0.15, 0.2) is 4.34 Å². The van der Waals surface area contributed by atoms with E-state index in [1.165, 1.54) is 11.3 Å². The summed E-state index contributed by atoms with van der Waals surface area (Å²) < 4.78 is 2.50. The van der Waals surface area contributed by atoms with Gasteiger partial charge < -0.3 is 10.3 Å². The topological polar surface area (TPSA) is 73.8 Å². The van der Waals surface area contributed by atoms with Crippen molar-refractivity contribution < 1.29 is 0 Å². The van der Waals surface area contributed by atoms with Crippen molar-refractivity contribution in [2.45, 2.75) is 10.9 Å². The first-order valence-corrected chi connectivity index (χ1v) is 6.43. The number of nitrogen functional groups attached to an aromatic ring is 1. The van der Waals surface area contributed by atoms with Crippen molar-refractivity contribution in [1.82, 2.24) is 14.8 Å². The zero-order chi connectivity index (χ0) is 11.4. The maximum absolute atomic E-state index is 11.4. The van der Waals surface area contributed by atoms with Crippen LogP contribution in [0.4, 0.5) is 5.13 Å². The van der Waals surface area contributed by atoms with E-state index >= 15 is 0 Å². The van der Waals surface area contributed by atoms with Gasteiger partial charge in [-0.3, -0.25) is 4.79 Å². The third-order valence-corrected chi connectivity index (χ3v) is 3.74. The second-order valence-electron chi connectivity index (χ2n) is 2.99. The Bertz CT molecular complexity index is 522. The first-order valence-electron chi connectivity index (χ1n) is 4.63. The number of pyridine rings is 1. The van der Waals surface area contributed by atoms with Gasteiger partial charge in [0, 0.05) is 24.6 Å². The van der Waals surface area contributed by atoms with E-state index < -0.39 is 0 Å². The van der Waals surface area contributed by atoms with Crippen molar-refractivity contribution in [3.05, 3.63) is 34.7 Å². The molecular weight excluding hydrogens is 244 g/mol. The number of hydrogen-bond donors (Lipinski definition) is 1. The molecule has 0 unspecified atom stereocenters. The Kier molecular flexibility index (Phi) is 3.58. The first kappa shape index (κ1) is 11.2. The van der Waals surface area contributed by atoms with Crippen LogP contribution in [-0.4, -0.2) is 20.5 Å². The summed E-state index contributed by atoms with van der Waals surface area (Å²) in [5, 5.41) is 8.08. The number of rotatable bonds is 4. The third kappa shape index (κ3) is 2.83. The first-order chi connectivity index (χ1) is 7.75. The average molecular weight is 254 g/mol. The SMILES string of the molecule is Nc1nnc(SCCn2ccccc2=O)s1. The molecule has 0 fully saturated rings. The van der Waals surface area contributed by atoms with Gasteiger partial charge in [0.25, 0.3) is 5.56 Å². The van der Waals surface area contributed by atoms with Gasteiger partial charge in [0.2, 0.25) is 5.13 Å². The molecule has 0 aliphatic carbocycles. The van der Waals surface area contributed by atoms with E-state index in [1.54, 1.807) is 34.7 Å². The number of aromatic nitrogens is 3. The van der Waals surface area contributed by atoms with Crippen LogP contribution in [0.1, 0.15) is 0 Å². The number of nitrogens with two attached hydrogens (primary N) is 1. The minimum atomic E-state index is 0.0138. The van der Waals surface area contributed by atoms with Crippen LogP contribution in [0.15, 0.2) is 33.5 Å². The Balaban J connectivity index is 1.89. The van der Waals surface area contributed by atoms with Crippen LogP contribution in [-0.2, 0) is 6.54 Å². The second kappa shape index (κ2) is 5.13. The zero-order valence-electron chi connectivity index (χ0n) is 8.37. The van der Waals surface area contributed by atoms with Gasteiger partial charge in [-0.1, -0.05) is 29.2 Å². The molecule has 2 N–H and O–H groups in total. The Labute approximate surface area is 100 Å². The summed E-state index contributed by atoms with van der Waals surface area (Å²) in [6.45, 7) is 0.657. The smallest absolute Gasteiger partial charge is 0.250 e. The Morgan fingerprint density at radius 1 is 1.44 bits per heavy atom. The lowest BCUT2D eigenvalue weighted by molar-refractivity contribution is 0.735. The normalized spacial score (nSPS) is 10.5. The van der Waals surface area contributed by atoms with Gasteiger partial charge in [-0.15, -0.1) is 10.2 Å². The fourth-order valence-corrected chi connectivity index (χ4v) is 2.80. The molecule has 0 aliphatic rings. The lowest BCUT2D eigenvalue weighted by Gasteiger charge is -2.02. The largest absolute Gasteiger partial charge is 0.374 e. The molecule has 5 nitrogen and oxygen atoms in total. The monoisotopic (exact) mass is 254 g/mol. The molecule has 16 heavy (non-hydrogen) atoms. The van der Waals surface area contributed by atoms with E-state index in [0.29, 0.717) is 11.7 Å². The molecular formula is C9H10N4OS2. The summed E-state index contributed by atoms with van der Waals surface area (Å²) in [5.74, 6) is 0.776. The number of nitrogens with zero attached hydrogens (tertiary/aromatic N) is 3. The fraction of sp³-hybridized carbons (Fsp3) is 0.222. The minimum absolute atomic E-state index is 0.0138. The molecule has 0 amide bonds. The number of aryl methyl sites for hydroxylation is 1. The fourth-order valence-electron chi connectivity index (χ4n) is 1.16. The van der Waals surface area contributed by atoms with E-state index in [4.69, 9.17) is 5.73 Å². The third-order valence-electron chi connectivity index (χ3n) is 1.88. The van der Waals surface area contributed by atoms with Crippen molar-refractivity contribution in [3.63, 3.8) is 0 Å². The Morgan fingerprint density at radius 2 is 2.31 bits per heavy atom. The highest BCUT2D eigenvalue weighted by Crippen LogP contribution is 2.23. The van der Waals surface area contributed by atoms with Crippen LogP contribution in [0.3, 0.4) is 0 Å². The van der Waals surface area contributed by atoms with Crippen molar-refractivity contribution >= 4 is 28.2 Å². The van der Waals surface area contributed by atoms with Crippen LogP contribution in [0, 0.1) is 0 Å². The minimum Gasteiger partial charge on any atom is -0.374 e. The van der Waals surface area contributed by atoms with Crippen LogP contribution >= 0.6 is 23.1 Å². The highest BCUT2D eigenvalue weighted by molar-refractivity contribution is 8.01. The van der Waals surface area contributed by atoms with Gasteiger partial charge in [0.1, 0.15) is 0 Å². The Morgan fingerprint density at radius 3 is 3.00 bits per heavy atom. The van der Waals surface area contributed by atoms with Gasteiger partial charge in [0.05, 0.1) is 0 Å². The summed E-state index contributed by atoms with van der Waals surface area (Å²) in [6, 6.07) is 5.13. The summed E-state index contributed by atoms with van der Waals surface area (Å²) in [4.78, 5) is 11.4. The molecule has 0 saturated heterocycles. The molecule has 0 aromatic carbocycles. The predicted octanol–water partition coefficient (Wildman–Crippen LogP) is 1.07. The van der Waals surface area contributed by atoms with Crippen molar-refractivity contribution in [2.24, 2.45) is 0 Å². The molecule has 0 atom stereocenters. The zero-order valence-corrected chi connectivity index (χ0v) is 10.0. The molecule has 84 valence electrons. The molecule has 2 aromatic rings. The molecule has 2 rings (SSSR count). The van der Waals surface area contributed by atoms with Crippen molar-refractivity contribution in [3.8, 4) is 0 Å². The van der Waals surface area contributed by atoms with Crippen LogP contribution in [0.5, 0.6) is 0 Å².